The van der Waals surface area contributed by atoms with Gasteiger partial charge >= 0.3 is 0 Å². The lowest BCUT2D eigenvalue weighted by Crippen LogP contribution is -2.42. The first kappa shape index (κ1) is 14.7. The van der Waals surface area contributed by atoms with Crippen molar-refractivity contribution >= 4 is 17.3 Å². The summed E-state index contributed by atoms with van der Waals surface area (Å²) in [6.07, 6.45) is 2.22. The molecule has 1 aliphatic rings. The molecule has 0 aromatic carbocycles. The first-order valence-electron chi connectivity index (χ1n) is 6.57. The van der Waals surface area contributed by atoms with Gasteiger partial charge < -0.3 is 15.4 Å². The van der Waals surface area contributed by atoms with Gasteiger partial charge in [0.05, 0.1) is 13.2 Å². The lowest BCUT2D eigenvalue weighted by Gasteiger charge is -2.26. The van der Waals surface area contributed by atoms with Crippen LogP contribution in [0, 0.1) is 0 Å². The van der Waals surface area contributed by atoms with Crippen LogP contribution in [0.1, 0.15) is 26.7 Å². The van der Waals surface area contributed by atoms with Crippen molar-refractivity contribution in [3.63, 3.8) is 0 Å². The van der Waals surface area contributed by atoms with Gasteiger partial charge in [0.1, 0.15) is 0 Å². The van der Waals surface area contributed by atoms with E-state index in [0.717, 1.165) is 57.3 Å². The Morgan fingerprint density at radius 1 is 1.41 bits per heavy atom. The fraction of sp³-hybridized carbons (Fsp3) is 0.917. The Morgan fingerprint density at radius 3 is 2.76 bits per heavy atom. The predicted molar refractivity (Wildman–Crippen MR) is 75.4 cm³/mol. The zero-order valence-corrected chi connectivity index (χ0v) is 11.8. The summed E-state index contributed by atoms with van der Waals surface area (Å²) >= 11 is 5.21. The molecule has 0 aliphatic carbocycles. The Kier molecular flexibility index (Phi) is 7.48. The van der Waals surface area contributed by atoms with E-state index < -0.39 is 0 Å². The topological polar surface area (TPSA) is 36.5 Å². The Hall–Kier alpha value is -0.390. The number of morpholine rings is 1. The standard InChI is InChI=1S/C12H25N3OS/c1-3-11(2)14-12(17)13-5-4-6-15-7-9-16-10-8-15/h11H,3-10H2,1-2H3,(H2,13,14,17). The first-order valence-corrected chi connectivity index (χ1v) is 6.97. The van der Waals surface area contributed by atoms with Crippen LogP contribution in [0.15, 0.2) is 0 Å². The maximum atomic E-state index is 5.31. The van der Waals surface area contributed by atoms with Crippen LogP contribution in [0.2, 0.25) is 0 Å². The average Bonchev–Trinajstić information content (AvgIpc) is 2.36. The number of nitrogens with zero attached hydrogens (tertiary/aromatic N) is 1. The molecule has 0 aromatic rings. The van der Waals surface area contributed by atoms with Gasteiger partial charge in [-0.3, -0.25) is 4.90 Å². The summed E-state index contributed by atoms with van der Waals surface area (Å²) in [5.74, 6) is 0. The molecular weight excluding hydrogens is 234 g/mol. The first-order chi connectivity index (χ1) is 8.22. The van der Waals surface area contributed by atoms with Gasteiger partial charge in [-0.05, 0) is 38.5 Å². The van der Waals surface area contributed by atoms with Crippen LogP contribution in [-0.2, 0) is 4.74 Å². The van der Waals surface area contributed by atoms with Gasteiger partial charge in [0.25, 0.3) is 0 Å². The average molecular weight is 259 g/mol. The van der Waals surface area contributed by atoms with Gasteiger partial charge in [-0.2, -0.15) is 0 Å². The molecular formula is C12H25N3OS. The molecule has 1 saturated heterocycles. The van der Waals surface area contributed by atoms with Crippen LogP contribution in [0.4, 0.5) is 0 Å². The van der Waals surface area contributed by atoms with E-state index in [1.54, 1.807) is 0 Å². The molecule has 1 aliphatic heterocycles. The minimum atomic E-state index is 0.453. The molecule has 1 rings (SSSR count). The predicted octanol–water partition coefficient (Wildman–Crippen LogP) is 0.971. The lowest BCUT2D eigenvalue weighted by molar-refractivity contribution is 0.0376. The van der Waals surface area contributed by atoms with E-state index in [9.17, 15) is 0 Å². The van der Waals surface area contributed by atoms with Gasteiger partial charge in [0.2, 0.25) is 0 Å². The molecule has 17 heavy (non-hydrogen) atoms. The normalized spacial score (nSPS) is 18.7. The monoisotopic (exact) mass is 259 g/mol. The van der Waals surface area contributed by atoms with Crippen molar-refractivity contribution in [1.82, 2.24) is 15.5 Å². The van der Waals surface area contributed by atoms with Gasteiger partial charge in [0, 0.05) is 25.7 Å². The Labute approximate surface area is 110 Å². The van der Waals surface area contributed by atoms with E-state index in [0.29, 0.717) is 6.04 Å². The highest BCUT2D eigenvalue weighted by atomic mass is 32.1. The van der Waals surface area contributed by atoms with Crippen LogP contribution in [0.5, 0.6) is 0 Å². The van der Waals surface area contributed by atoms with E-state index in [4.69, 9.17) is 17.0 Å². The molecule has 1 atom stereocenters. The summed E-state index contributed by atoms with van der Waals surface area (Å²) in [5, 5.41) is 7.28. The van der Waals surface area contributed by atoms with Gasteiger partial charge in [-0.15, -0.1) is 0 Å². The summed E-state index contributed by atoms with van der Waals surface area (Å²) in [6.45, 7) is 10.2. The molecule has 100 valence electrons. The second-order valence-corrected chi connectivity index (χ2v) is 4.93. The molecule has 0 radical (unpaired) electrons. The van der Waals surface area contributed by atoms with Crippen molar-refractivity contribution in [2.24, 2.45) is 0 Å². The van der Waals surface area contributed by atoms with Crippen LogP contribution in [-0.4, -0.2) is 55.4 Å². The third-order valence-electron chi connectivity index (χ3n) is 3.03. The van der Waals surface area contributed by atoms with Crippen molar-refractivity contribution < 1.29 is 4.74 Å². The molecule has 4 nitrogen and oxygen atoms in total. The maximum absolute atomic E-state index is 5.31. The summed E-state index contributed by atoms with van der Waals surface area (Å²) in [7, 11) is 0. The number of ether oxygens (including phenoxy) is 1. The molecule has 5 heteroatoms. The maximum Gasteiger partial charge on any atom is 0.166 e. The van der Waals surface area contributed by atoms with Gasteiger partial charge in [0.15, 0.2) is 5.11 Å². The highest BCUT2D eigenvalue weighted by Gasteiger charge is 2.09. The number of nitrogens with one attached hydrogen (secondary N) is 2. The van der Waals surface area contributed by atoms with Crippen molar-refractivity contribution in [1.29, 1.82) is 0 Å². The van der Waals surface area contributed by atoms with Crippen molar-refractivity contribution in [2.45, 2.75) is 32.7 Å². The highest BCUT2D eigenvalue weighted by Crippen LogP contribution is 1.97. The zero-order chi connectivity index (χ0) is 12.5. The quantitative estimate of drug-likeness (QED) is 0.549. The minimum absolute atomic E-state index is 0.453. The Morgan fingerprint density at radius 2 is 2.12 bits per heavy atom. The SMILES string of the molecule is CCC(C)NC(=S)NCCCN1CCOCC1. The zero-order valence-electron chi connectivity index (χ0n) is 11.0. The smallest absolute Gasteiger partial charge is 0.166 e. The Balaban J connectivity index is 1.97. The molecule has 1 heterocycles. The van der Waals surface area contributed by atoms with Crippen molar-refractivity contribution in [2.75, 3.05) is 39.4 Å². The summed E-state index contributed by atoms with van der Waals surface area (Å²) in [6, 6.07) is 0.453. The largest absolute Gasteiger partial charge is 0.379 e. The van der Waals surface area contributed by atoms with E-state index in [-0.39, 0.29) is 0 Å². The molecule has 0 amide bonds. The van der Waals surface area contributed by atoms with Crippen LogP contribution < -0.4 is 10.6 Å². The molecule has 0 bridgehead atoms. The molecule has 2 N–H and O–H groups in total. The molecule has 1 unspecified atom stereocenters. The summed E-state index contributed by atoms with van der Waals surface area (Å²) in [4.78, 5) is 2.44. The number of hydrogen-bond donors (Lipinski definition) is 2. The second-order valence-electron chi connectivity index (χ2n) is 4.52. The molecule has 1 fully saturated rings. The lowest BCUT2D eigenvalue weighted by atomic mass is 10.3. The van der Waals surface area contributed by atoms with E-state index in [1.165, 1.54) is 0 Å². The van der Waals surface area contributed by atoms with Crippen molar-refractivity contribution in [3.05, 3.63) is 0 Å². The van der Waals surface area contributed by atoms with E-state index in [2.05, 4.69) is 29.4 Å². The Bertz CT molecular complexity index is 220. The number of thiocarbonyl (C=S) groups is 1. The molecule has 0 aromatic heterocycles. The fourth-order valence-electron chi connectivity index (χ4n) is 1.71. The molecule has 0 spiro atoms. The number of hydrogen-bond acceptors (Lipinski definition) is 3. The van der Waals surface area contributed by atoms with E-state index in [1.807, 2.05) is 0 Å². The fourth-order valence-corrected chi connectivity index (χ4v) is 2.01. The molecule has 0 saturated carbocycles. The van der Waals surface area contributed by atoms with Gasteiger partial charge in [-0.1, -0.05) is 6.92 Å². The number of rotatable bonds is 6. The summed E-state index contributed by atoms with van der Waals surface area (Å²) < 4.78 is 5.31. The van der Waals surface area contributed by atoms with E-state index >= 15 is 0 Å². The van der Waals surface area contributed by atoms with Crippen molar-refractivity contribution in [3.8, 4) is 0 Å². The minimum Gasteiger partial charge on any atom is -0.379 e. The highest BCUT2D eigenvalue weighted by molar-refractivity contribution is 7.80. The summed E-state index contributed by atoms with van der Waals surface area (Å²) in [5.41, 5.74) is 0. The van der Waals surface area contributed by atoms with Crippen LogP contribution in [0.25, 0.3) is 0 Å². The van der Waals surface area contributed by atoms with Gasteiger partial charge in [-0.25, -0.2) is 0 Å². The second kappa shape index (κ2) is 8.66. The van der Waals surface area contributed by atoms with Crippen LogP contribution in [0.3, 0.4) is 0 Å². The third kappa shape index (κ3) is 6.81. The third-order valence-corrected chi connectivity index (χ3v) is 3.29. The van der Waals surface area contributed by atoms with Crippen LogP contribution >= 0.6 is 12.2 Å².